The zero-order valence-electron chi connectivity index (χ0n) is 16.6. The third kappa shape index (κ3) is 3.25. The van der Waals surface area contributed by atoms with Crippen LogP contribution >= 0.6 is 0 Å². The van der Waals surface area contributed by atoms with Gasteiger partial charge in [0, 0.05) is 35.9 Å². The summed E-state index contributed by atoms with van der Waals surface area (Å²) in [5.41, 5.74) is 6.06. The summed E-state index contributed by atoms with van der Waals surface area (Å²) < 4.78 is 41.2. The van der Waals surface area contributed by atoms with Crippen LogP contribution in [0.25, 0.3) is 10.9 Å². The molecular weight excluding hydrogens is 373 g/mol. The van der Waals surface area contributed by atoms with Crippen molar-refractivity contribution in [2.75, 3.05) is 6.54 Å². The van der Waals surface area contributed by atoms with Crippen LogP contribution in [0.3, 0.4) is 0 Å². The van der Waals surface area contributed by atoms with Crippen molar-refractivity contribution in [1.82, 2.24) is 4.57 Å². The van der Waals surface area contributed by atoms with E-state index in [-0.39, 0.29) is 0 Å². The van der Waals surface area contributed by atoms with E-state index >= 15 is 0 Å². The molecule has 29 heavy (non-hydrogen) atoms. The van der Waals surface area contributed by atoms with Gasteiger partial charge in [0.15, 0.2) is 0 Å². The quantitative estimate of drug-likeness (QED) is 0.632. The number of aryl methyl sites for hydroxylation is 3. The topological polar surface area (TPSA) is 9.37 Å². The molecule has 1 N–H and O–H groups in total. The van der Waals surface area contributed by atoms with Gasteiger partial charge in [0.1, 0.15) is 12.6 Å². The lowest BCUT2D eigenvalue weighted by Crippen LogP contribution is -3.11. The smallest absolute Gasteiger partial charge is 0.339 e. The van der Waals surface area contributed by atoms with Gasteiger partial charge in [0.05, 0.1) is 17.8 Å². The molecule has 1 aromatic heterocycles. The number of benzene rings is 2. The summed E-state index contributed by atoms with van der Waals surface area (Å²) in [6.45, 7) is 5.02. The monoisotopic (exact) mass is 399 g/mol. The summed E-state index contributed by atoms with van der Waals surface area (Å²) in [5, 5.41) is 1.40. The van der Waals surface area contributed by atoms with E-state index in [9.17, 15) is 13.2 Å². The van der Waals surface area contributed by atoms with Crippen molar-refractivity contribution in [1.29, 1.82) is 0 Å². The van der Waals surface area contributed by atoms with Gasteiger partial charge in [-0.05, 0) is 49.6 Å². The molecule has 1 unspecified atom stereocenters. The second-order valence-electron chi connectivity index (χ2n) is 8.61. The number of fused-ring (bicyclic) bond motifs is 3. The number of nitrogens with one attached hydrogen (secondary N) is 1. The van der Waals surface area contributed by atoms with Crippen molar-refractivity contribution >= 4 is 10.9 Å². The number of nitrogens with zero attached hydrogens (tertiary/aromatic N) is 1. The SMILES string of the molecule is Cc1ccc2c(c1)c1c3n2CCC[NH+](Cc2ccc(C(F)(F)F)cc2)[C@H]3CCC1. The van der Waals surface area contributed by atoms with Crippen molar-refractivity contribution in [3.8, 4) is 0 Å². The molecule has 0 spiro atoms. The van der Waals surface area contributed by atoms with E-state index in [0.717, 1.165) is 44.5 Å². The van der Waals surface area contributed by atoms with Crippen molar-refractivity contribution in [3.63, 3.8) is 0 Å². The molecule has 0 fully saturated rings. The lowest BCUT2D eigenvalue weighted by molar-refractivity contribution is -0.945. The molecule has 2 aromatic carbocycles. The van der Waals surface area contributed by atoms with E-state index in [4.69, 9.17) is 0 Å². The zero-order valence-corrected chi connectivity index (χ0v) is 16.6. The van der Waals surface area contributed by atoms with E-state index in [0.29, 0.717) is 6.04 Å². The van der Waals surface area contributed by atoms with Gasteiger partial charge in [-0.15, -0.1) is 0 Å². The highest BCUT2D eigenvalue weighted by Crippen LogP contribution is 2.38. The van der Waals surface area contributed by atoms with Crippen LogP contribution in [-0.4, -0.2) is 11.1 Å². The summed E-state index contributed by atoms with van der Waals surface area (Å²) in [6.07, 6.45) is 0.285. The first kappa shape index (κ1) is 18.7. The number of quaternary nitrogens is 1. The van der Waals surface area contributed by atoms with Gasteiger partial charge in [-0.25, -0.2) is 0 Å². The van der Waals surface area contributed by atoms with Gasteiger partial charge in [0.2, 0.25) is 0 Å². The third-order valence-corrected chi connectivity index (χ3v) is 6.70. The second-order valence-corrected chi connectivity index (χ2v) is 8.61. The predicted molar refractivity (Wildman–Crippen MR) is 108 cm³/mol. The standard InChI is InChI=1S/C24H25F3N2/c1-16-6-11-21-20(14-16)19-4-2-5-22-23(19)29(21)13-3-12-28(22)15-17-7-9-18(10-8-17)24(25,26)27/h6-11,14,22H,2-5,12-13,15H2,1H3/p+1/t22-/m0/s1. The number of hydrogen-bond donors (Lipinski definition) is 1. The molecule has 152 valence electrons. The van der Waals surface area contributed by atoms with E-state index in [2.05, 4.69) is 29.7 Å². The fraction of sp³-hybridized carbons (Fsp3) is 0.417. The molecule has 1 aliphatic heterocycles. The van der Waals surface area contributed by atoms with Crippen LogP contribution in [0.1, 0.15) is 53.3 Å². The minimum absolute atomic E-state index is 0.427. The number of hydrogen-bond acceptors (Lipinski definition) is 0. The molecule has 1 aliphatic carbocycles. The Labute approximate surface area is 168 Å². The number of rotatable bonds is 2. The molecule has 0 saturated heterocycles. The molecule has 0 saturated carbocycles. The number of halogens is 3. The van der Waals surface area contributed by atoms with Gasteiger partial charge >= 0.3 is 6.18 Å². The van der Waals surface area contributed by atoms with Crippen molar-refractivity contribution in [2.24, 2.45) is 0 Å². The van der Waals surface area contributed by atoms with Gasteiger partial charge in [-0.3, -0.25) is 0 Å². The molecule has 0 radical (unpaired) electrons. The molecule has 2 aliphatic rings. The summed E-state index contributed by atoms with van der Waals surface area (Å²) in [5.74, 6) is 0. The van der Waals surface area contributed by atoms with Crippen LogP contribution in [0.5, 0.6) is 0 Å². The summed E-state index contributed by atoms with van der Waals surface area (Å²) in [4.78, 5) is 1.49. The van der Waals surface area contributed by atoms with Crippen molar-refractivity contribution in [2.45, 2.75) is 57.9 Å². The maximum Gasteiger partial charge on any atom is 0.416 e. The van der Waals surface area contributed by atoms with E-state index in [1.165, 1.54) is 51.2 Å². The molecule has 0 amide bonds. The van der Waals surface area contributed by atoms with Gasteiger partial charge in [0.25, 0.3) is 0 Å². The Hall–Kier alpha value is -2.27. The molecule has 5 heteroatoms. The highest BCUT2D eigenvalue weighted by molar-refractivity contribution is 5.86. The summed E-state index contributed by atoms with van der Waals surface area (Å²) in [6, 6.07) is 13.0. The van der Waals surface area contributed by atoms with E-state index < -0.39 is 11.7 Å². The van der Waals surface area contributed by atoms with Crippen LogP contribution in [0, 0.1) is 6.92 Å². The van der Waals surface area contributed by atoms with Crippen LogP contribution in [0.4, 0.5) is 13.2 Å². The second kappa shape index (κ2) is 6.91. The Morgan fingerprint density at radius 1 is 1.07 bits per heavy atom. The van der Waals surface area contributed by atoms with Crippen LogP contribution in [0.15, 0.2) is 42.5 Å². The Balaban J connectivity index is 1.50. The summed E-state index contributed by atoms with van der Waals surface area (Å²) in [7, 11) is 0. The lowest BCUT2D eigenvalue weighted by Gasteiger charge is -2.31. The fourth-order valence-electron chi connectivity index (χ4n) is 5.40. The Bertz CT molecular complexity index is 1040. The van der Waals surface area contributed by atoms with E-state index in [1.54, 1.807) is 12.1 Å². The molecular formula is C24H26F3N2+. The lowest BCUT2D eigenvalue weighted by atomic mass is 9.90. The normalized spacial score (nSPS) is 21.8. The third-order valence-electron chi connectivity index (χ3n) is 6.70. The molecule has 2 atom stereocenters. The molecule has 2 nitrogen and oxygen atoms in total. The summed E-state index contributed by atoms with van der Waals surface area (Å²) >= 11 is 0. The maximum atomic E-state index is 12.9. The Morgan fingerprint density at radius 3 is 2.62 bits per heavy atom. The Kier molecular flexibility index (Phi) is 4.46. The first-order valence-electron chi connectivity index (χ1n) is 10.5. The molecule has 2 heterocycles. The van der Waals surface area contributed by atoms with Crippen LogP contribution in [0.2, 0.25) is 0 Å². The largest absolute Gasteiger partial charge is 0.416 e. The minimum Gasteiger partial charge on any atom is -0.339 e. The van der Waals surface area contributed by atoms with Gasteiger partial charge in [-0.1, -0.05) is 23.8 Å². The first-order valence-corrected chi connectivity index (χ1v) is 10.5. The van der Waals surface area contributed by atoms with Crippen LogP contribution in [-0.2, 0) is 25.7 Å². The first-order chi connectivity index (χ1) is 13.9. The van der Waals surface area contributed by atoms with E-state index in [1.807, 2.05) is 0 Å². The van der Waals surface area contributed by atoms with Crippen LogP contribution < -0.4 is 4.90 Å². The average Bonchev–Trinajstić information content (AvgIpc) is 2.88. The highest BCUT2D eigenvalue weighted by Gasteiger charge is 2.36. The van der Waals surface area contributed by atoms with Crippen molar-refractivity contribution in [3.05, 3.63) is 70.4 Å². The Morgan fingerprint density at radius 2 is 1.86 bits per heavy atom. The molecule has 0 bridgehead atoms. The highest BCUT2D eigenvalue weighted by atomic mass is 19.4. The average molecular weight is 399 g/mol. The predicted octanol–water partition coefficient (Wildman–Crippen LogP) is 4.83. The van der Waals surface area contributed by atoms with Gasteiger partial charge < -0.3 is 9.47 Å². The zero-order chi connectivity index (χ0) is 20.2. The number of alkyl halides is 3. The molecule has 3 aromatic rings. The van der Waals surface area contributed by atoms with Crippen molar-refractivity contribution < 1.29 is 18.1 Å². The maximum absolute atomic E-state index is 12.9. The van der Waals surface area contributed by atoms with Gasteiger partial charge in [-0.2, -0.15) is 13.2 Å². The fourth-order valence-corrected chi connectivity index (χ4v) is 5.40. The molecule has 5 rings (SSSR count). The number of aromatic nitrogens is 1. The minimum atomic E-state index is -4.27.